The van der Waals surface area contributed by atoms with Crippen LogP contribution >= 0.6 is 11.6 Å². The van der Waals surface area contributed by atoms with Gasteiger partial charge in [0.25, 0.3) is 0 Å². The third-order valence-electron chi connectivity index (χ3n) is 2.65. The Morgan fingerprint density at radius 2 is 2.31 bits per heavy atom. The van der Waals surface area contributed by atoms with E-state index in [9.17, 15) is 0 Å². The first-order chi connectivity index (χ1) is 6.24. The van der Waals surface area contributed by atoms with Gasteiger partial charge in [-0.2, -0.15) is 0 Å². The summed E-state index contributed by atoms with van der Waals surface area (Å²) in [5, 5.41) is 9.83. The first kappa shape index (κ1) is 9.00. The highest BCUT2D eigenvalue weighted by Crippen LogP contribution is 2.36. The molecule has 0 amide bonds. The molecule has 1 aromatic carbocycles. The zero-order chi connectivity index (χ0) is 9.42. The molecule has 0 spiro atoms. The standard InChI is InChI=1S/C10H12ClNO/c11-8-3-1-6(5-13)7-2-4-9(12)10(7)8/h1,3,9,13H,2,4-5,12H2/t9-/m0/s1. The van der Waals surface area contributed by atoms with Crippen LogP contribution in [0.5, 0.6) is 0 Å². The van der Waals surface area contributed by atoms with Gasteiger partial charge >= 0.3 is 0 Å². The molecule has 2 rings (SSSR count). The zero-order valence-electron chi connectivity index (χ0n) is 7.26. The Morgan fingerprint density at radius 3 is 3.00 bits per heavy atom. The normalized spacial score (nSPS) is 20.4. The molecule has 1 aliphatic rings. The van der Waals surface area contributed by atoms with Crippen molar-refractivity contribution in [2.24, 2.45) is 5.73 Å². The third-order valence-corrected chi connectivity index (χ3v) is 2.98. The molecule has 0 fully saturated rings. The highest BCUT2D eigenvalue weighted by atomic mass is 35.5. The molecule has 0 saturated carbocycles. The molecule has 3 N–H and O–H groups in total. The summed E-state index contributed by atoms with van der Waals surface area (Å²) in [6, 6.07) is 3.74. The van der Waals surface area contributed by atoms with Crippen LogP contribution in [0.15, 0.2) is 12.1 Å². The molecule has 13 heavy (non-hydrogen) atoms. The van der Waals surface area contributed by atoms with Gasteiger partial charge in [-0.05, 0) is 35.6 Å². The van der Waals surface area contributed by atoms with Gasteiger partial charge in [0.1, 0.15) is 0 Å². The molecular formula is C10H12ClNO. The van der Waals surface area contributed by atoms with E-state index in [0.717, 1.165) is 34.6 Å². The summed E-state index contributed by atoms with van der Waals surface area (Å²) in [5.74, 6) is 0. The number of rotatable bonds is 1. The number of hydrogen-bond acceptors (Lipinski definition) is 2. The molecule has 0 bridgehead atoms. The molecule has 1 aromatic rings. The first-order valence-electron chi connectivity index (χ1n) is 4.40. The number of aliphatic hydroxyl groups excluding tert-OH is 1. The van der Waals surface area contributed by atoms with Crippen molar-refractivity contribution in [3.8, 4) is 0 Å². The monoisotopic (exact) mass is 197 g/mol. The predicted octanol–water partition coefficient (Wildman–Crippen LogP) is 1.78. The molecule has 1 aliphatic carbocycles. The SMILES string of the molecule is N[C@H]1CCc2c(CO)ccc(Cl)c21. The molecule has 0 aliphatic heterocycles. The van der Waals surface area contributed by atoms with Gasteiger partial charge in [0.2, 0.25) is 0 Å². The molecule has 1 atom stereocenters. The van der Waals surface area contributed by atoms with Crippen LogP contribution in [0.4, 0.5) is 0 Å². The van der Waals surface area contributed by atoms with Crippen LogP contribution in [0.3, 0.4) is 0 Å². The van der Waals surface area contributed by atoms with Crippen molar-refractivity contribution in [3.63, 3.8) is 0 Å². The van der Waals surface area contributed by atoms with Crippen molar-refractivity contribution in [2.75, 3.05) is 0 Å². The summed E-state index contributed by atoms with van der Waals surface area (Å²) < 4.78 is 0. The van der Waals surface area contributed by atoms with E-state index >= 15 is 0 Å². The number of nitrogens with two attached hydrogens (primary N) is 1. The number of halogens is 1. The summed E-state index contributed by atoms with van der Waals surface area (Å²) in [6.07, 6.45) is 1.87. The lowest BCUT2D eigenvalue weighted by molar-refractivity contribution is 0.280. The summed E-state index contributed by atoms with van der Waals surface area (Å²) in [5.41, 5.74) is 9.06. The lowest BCUT2D eigenvalue weighted by Crippen LogP contribution is -2.06. The van der Waals surface area contributed by atoms with Gasteiger partial charge in [0, 0.05) is 11.1 Å². The lowest BCUT2D eigenvalue weighted by atomic mass is 10.0. The topological polar surface area (TPSA) is 46.2 Å². The zero-order valence-corrected chi connectivity index (χ0v) is 8.01. The molecule has 2 nitrogen and oxygen atoms in total. The van der Waals surface area contributed by atoms with Crippen LogP contribution in [0.1, 0.15) is 29.2 Å². The molecule has 70 valence electrons. The Hall–Kier alpha value is -0.570. The number of aliphatic hydroxyl groups is 1. The minimum Gasteiger partial charge on any atom is -0.392 e. The Morgan fingerprint density at radius 1 is 1.54 bits per heavy atom. The van der Waals surface area contributed by atoms with Crippen LogP contribution in [0.2, 0.25) is 5.02 Å². The van der Waals surface area contributed by atoms with Crippen LogP contribution in [-0.4, -0.2) is 5.11 Å². The Labute approximate surface area is 82.3 Å². The van der Waals surface area contributed by atoms with E-state index < -0.39 is 0 Å². The molecule has 0 unspecified atom stereocenters. The maximum Gasteiger partial charge on any atom is 0.0684 e. The fraction of sp³-hybridized carbons (Fsp3) is 0.400. The molecule has 0 saturated heterocycles. The Balaban J connectivity index is 2.59. The lowest BCUT2D eigenvalue weighted by Gasteiger charge is -2.09. The van der Waals surface area contributed by atoms with Crippen molar-refractivity contribution in [2.45, 2.75) is 25.5 Å². The maximum absolute atomic E-state index is 9.10. The fourth-order valence-corrected chi connectivity index (χ4v) is 2.29. The summed E-state index contributed by atoms with van der Waals surface area (Å²) >= 11 is 6.03. The van der Waals surface area contributed by atoms with Gasteiger partial charge in [-0.1, -0.05) is 17.7 Å². The van der Waals surface area contributed by atoms with Gasteiger partial charge in [0.15, 0.2) is 0 Å². The fourth-order valence-electron chi connectivity index (χ4n) is 1.97. The first-order valence-corrected chi connectivity index (χ1v) is 4.78. The number of benzene rings is 1. The van der Waals surface area contributed by atoms with Crippen LogP contribution in [-0.2, 0) is 13.0 Å². The second kappa shape index (κ2) is 3.29. The van der Waals surface area contributed by atoms with Crippen molar-refractivity contribution in [3.05, 3.63) is 33.8 Å². The summed E-state index contributed by atoms with van der Waals surface area (Å²) in [4.78, 5) is 0. The van der Waals surface area contributed by atoms with E-state index in [1.165, 1.54) is 0 Å². The third kappa shape index (κ3) is 1.35. The van der Waals surface area contributed by atoms with E-state index in [0.29, 0.717) is 0 Å². The maximum atomic E-state index is 9.10. The van der Waals surface area contributed by atoms with Crippen LogP contribution in [0, 0.1) is 0 Å². The van der Waals surface area contributed by atoms with Crippen molar-refractivity contribution < 1.29 is 5.11 Å². The summed E-state index contributed by atoms with van der Waals surface area (Å²) in [7, 11) is 0. The molecule has 0 aromatic heterocycles. The highest BCUT2D eigenvalue weighted by Gasteiger charge is 2.23. The molecule has 0 radical (unpaired) electrons. The van der Waals surface area contributed by atoms with Crippen LogP contribution < -0.4 is 5.73 Å². The van der Waals surface area contributed by atoms with E-state index in [1.807, 2.05) is 12.1 Å². The average Bonchev–Trinajstić information content (AvgIpc) is 2.50. The average molecular weight is 198 g/mol. The number of hydrogen-bond donors (Lipinski definition) is 2. The molecular weight excluding hydrogens is 186 g/mol. The van der Waals surface area contributed by atoms with Crippen LogP contribution in [0.25, 0.3) is 0 Å². The van der Waals surface area contributed by atoms with E-state index in [2.05, 4.69) is 0 Å². The van der Waals surface area contributed by atoms with Crippen molar-refractivity contribution in [1.82, 2.24) is 0 Å². The minimum absolute atomic E-state index is 0.0500. The van der Waals surface area contributed by atoms with Crippen molar-refractivity contribution >= 4 is 11.6 Å². The van der Waals surface area contributed by atoms with E-state index in [-0.39, 0.29) is 12.6 Å². The largest absolute Gasteiger partial charge is 0.392 e. The van der Waals surface area contributed by atoms with Gasteiger partial charge in [-0.3, -0.25) is 0 Å². The van der Waals surface area contributed by atoms with E-state index in [4.69, 9.17) is 22.4 Å². The van der Waals surface area contributed by atoms with E-state index in [1.54, 1.807) is 0 Å². The molecule has 0 heterocycles. The second-order valence-electron chi connectivity index (χ2n) is 3.40. The quantitative estimate of drug-likeness (QED) is 0.721. The second-order valence-corrected chi connectivity index (χ2v) is 3.81. The van der Waals surface area contributed by atoms with Gasteiger partial charge in [-0.15, -0.1) is 0 Å². The Kier molecular flexibility index (Phi) is 2.28. The molecule has 3 heteroatoms. The van der Waals surface area contributed by atoms with Gasteiger partial charge < -0.3 is 10.8 Å². The summed E-state index contributed by atoms with van der Waals surface area (Å²) in [6.45, 7) is 0.0756. The van der Waals surface area contributed by atoms with Gasteiger partial charge in [-0.25, -0.2) is 0 Å². The van der Waals surface area contributed by atoms with Crippen molar-refractivity contribution in [1.29, 1.82) is 0 Å². The smallest absolute Gasteiger partial charge is 0.0684 e. The number of fused-ring (bicyclic) bond motifs is 1. The van der Waals surface area contributed by atoms with Gasteiger partial charge in [0.05, 0.1) is 6.61 Å². The highest BCUT2D eigenvalue weighted by molar-refractivity contribution is 6.31. The predicted molar refractivity (Wildman–Crippen MR) is 52.6 cm³/mol. The Bertz CT molecular complexity index is 338. The minimum atomic E-state index is 0.0500.